The number of methoxy groups -OCH3 is 1. The van der Waals surface area contributed by atoms with Gasteiger partial charge in [-0.05, 0) is 32.1 Å². The Morgan fingerprint density at radius 1 is 1.44 bits per heavy atom. The number of hydrogen-bond acceptors (Lipinski definition) is 3. The molecule has 1 aliphatic carbocycles. The van der Waals surface area contributed by atoms with E-state index in [-0.39, 0.29) is 6.10 Å². The molecule has 1 N–H and O–H groups in total. The van der Waals surface area contributed by atoms with Gasteiger partial charge in [0.2, 0.25) is 0 Å². The van der Waals surface area contributed by atoms with E-state index in [4.69, 9.17) is 4.74 Å². The number of ether oxygens (including phenoxy) is 1. The van der Waals surface area contributed by atoms with Crippen molar-refractivity contribution in [3.8, 4) is 0 Å². The van der Waals surface area contributed by atoms with Crippen LogP contribution in [0.25, 0.3) is 0 Å². The SMILES string of the molecule is CCC(C)N(CCOC)CC1CCCC1O. The zero-order valence-electron chi connectivity index (χ0n) is 11.0. The first kappa shape index (κ1) is 13.9. The van der Waals surface area contributed by atoms with Gasteiger partial charge in [0.15, 0.2) is 0 Å². The average Bonchev–Trinajstić information content (AvgIpc) is 2.69. The predicted molar refractivity (Wildman–Crippen MR) is 66.5 cm³/mol. The molecule has 3 nitrogen and oxygen atoms in total. The van der Waals surface area contributed by atoms with Crippen LogP contribution in [-0.4, -0.2) is 49.0 Å². The van der Waals surface area contributed by atoms with Crippen molar-refractivity contribution in [2.24, 2.45) is 5.92 Å². The molecule has 0 aromatic rings. The van der Waals surface area contributed by atoms with Gasteiger partial charge < -0.3 is 9.84 Å². The van der Waals surface area contributed by atoms with Crippen molar-refractivity contribution in [2.45, 2.75) is 51.7 Å². The first-order valence-electron chi connectivity index (χ1n) is 6.60. The lowest BCUT2D eigenvalue weighted by Gasteiger charge is -2.31. The first-order valence-corrected chi connectivity index (χ1v) is 6.60. The summed E-state index contributed by atoms with van der Waals surface area (Å²) in [6, 6.07) is 0.586. The van der Waals surface area contributed by atoms with E-state index in [1.807, 2.05) is 0 Å². The molecule has 0 heterocycles. The highest BCUT2D eigenvalue weighted by molar-refractivity contribution is 4.81. The van der Waals surface area contributed by atoms with Gasteiger partial charge in [-0.25, -0.2) is 0 Å². The molecular formula is C13H27NO2. The summed E-state index contributed by atoms with van der Waals surface area (Å²) in [4.78, 5) is 2.46. The summed E-state index contributed by atoms with van der Waals surface area (Å²) in [6.45, 7) is 7.27. The van der Waals surface area contributed by atoms with E-state index in [0.717, 1.165) is 32.5 Å². The van der Waals surface area contributed by atoms with Crippen molar-refractivity contribution in [3.63, 3.8) is 0 Å². The number of nitrogens with zero attached hydrogens (tertiary/aromatic N) is 1. The smallest absolute Gasteiger partial charge is 0.0589 e. The molecule has 1 rings (SSSR count). The molecule has 3 atom stereocenters. The van der Waals surface area contributed by atoms with E-state index < -0.39 is 0 Å². The van der Waals surface area contributed by atoms with Gasteiger partial charge in [-0.15, -0.1) is 0 Å². The second-order valence-corrected chi connectivity index (χ2v) is 5.00. The molecule has 16 heavy (non-hydrogen) atoms. The first-order chi connectivity index (χ1) is 7.69. The van der Waals surface area contributed by atoms with Crippen LogP contribution in [0.1, 0.15) is 39.5 Å². The number of aliphatic hydroxyl groups is 1. The van der Waals surface area contributed by atoms with Crippen LogP contribution in [0.5, 0.6) is 0 Å². The monoisotopic (exact) mass is 229 g/mol. The Morgan fingerprint density at radius 3 is 2.69 bits per heavy atom. The summed E-state index contributed by atoms with van der Waals surface area (Å²) < 4.78 is 5.15. The normalized spacial score (nSPS) is 27.6. The van der Waals surface area contributed by atoms with E-state index in [1.165, 1.54) is 12.8 Å². The fraction of sp³-hybridized carbons (Fsp3) is 1.00. The Hall–Kier alpha value is -0.120. The van der Waals surface area contributed by atoms with Crippen molar-refractivity contribution in [1.82, 2.24) is 4.90 Å². The lowest BCUT2D eigenvalue weighted by atomic mass is 10.0. The maximum absolute atomic E-state index is 9.86. The summed E-state index contributed by atoms with van der Waals surface area (Å²) in [5.41, 5.74) is 0. The van der Waals surface area contributed by atoms with Crippen molar-refractivity contribution in [1.29, 1.82) is 0 Å². The van der Waals surface area contributed by atoms with Crippen LogP contribution in [0.15, 0.2) is 0 Å². The lowest BCUT2D eigenvalue weighted by Crippen LogP contribution is -2.40. The van der Waals surface area contributed by atoms with Crippen molar-refractivity contribution in [3.05, 3.63) is 0 Å². The molecule has 0 aromatic heterocycles. The Labute approximate surface area is 99.8 Å². The Bertz CT molecular complexity index is 187. The zero-order chi connectivity index (χ0) is 12.0. The molecule has 3 heteroatoms. The molecule has 96 valence electrons. The third-order valence-corrected chi connectivity index (χ3v) is 3.88. The van der Waals surface area contributed by atoms with Crippen molar-refractivity contribution >= 4 is 0 Å². The van der Waals surface area contributed by atoms with E-state index in [0.29, 0.717) is 12.0 Å². The molecule has 1 fully saturated rings. The van der Waals surface area contributed by atoms with Crippen LogP contribution >= 0.6 is 0 Å². The molecule has 0 amide bonds. The third-order valence-electron chi connectivity index (χ3n) is 3.88. The lowest BCUT2D eigenvalue weighted by molar-refractivity contribution is 0.0691. The fourth-order valence-corrected chi connectivity index (χ4v) is 2.49. The summed E-state index contributed by atoms with van der Waals surface area (Å²) in [5, 5.41) is 9.86. The van der Waals surface area contributed by atoms with Crippen LogP contribution in [0.2, 0.25) is 0 Å². The molecule has 1 saturated carbocycles. The molecule has 0 radical (unpaired) electrons. The molecule has 1 aliphatic rings. The van der Waals surface area contributed by atoms with Gasteiger partial charge in [0.25, 0.3) is 0 Å². The maximum atomic E-state index is 9.86. The molecular weight excluding hydrogens is 202 g/mol. The van der Waals surface area contributed by atoms with E-state index >= 15 is 0 Å². The Morgan fingerprint density at radius 2 is 2.19 bits per heavy atom. The predicted octanol–water partition coefficient (Wildman–Crippen LogP) is 1.89. The van der Waals surface area contributed by atoms with Crippen molar-refractivity contribution in [2.75, 3.05) is 26.8 Å². The van der Waals surface area contributed by atoms with Crippen LogP contribution in [-0.2, 0) is 4.74 Å². The van der Waals surface area contributed by atoms with Gasteiger partial charge in [0.1, 0.15) is 0 Å². The third kappa shape index (κ3) is 4.04. The Balaban J connectivity index is 2.41. The summed E-state index contributed by atoms with van der Waals surface area (Å²) in [6.07, 6.45) is 4.44. The highest BCUT2D eigenvalue weighted by Gasteiger charge is 2.28. The molecule has 3 unspecified atom stereocenters. The minimum absolute atomic E-state index is 0.0749. The van der Waals surface area contributed by atoms with Gasteiger partial charge in [0.05, 0.1) is 12.7 Å². The molecule has 0 saturated heterocycles. The second-order valence-electron chi connectivity index (χ2n) is 5.00. The molecule has 0 aromatic carbocycles. The molecule has 0 bridgehead atoms. The quantitative estimate of drug-likeness (QED) is 0.723. The van der Waals surface area contributed by atoms with Gasteiger partial charge in [0, 0.05) is 26.2 Å². The van der Waals surface area contributed by atoms with Gasteiger partial charge in [-0.2, -0.15) is 0 Å². The number of rotatable bonds is 7. The van der Waals surface area contributed by atoms with Crippen LogP contribution in [0.3, 0.4) is 0 Å². The summed E-state index contributed by atoms with van der Waals surface area (Å²) >= 11 is 0. The number of aliphatic hydroxyl groups excluding tert-OH is 1. The standard InChI is InChI=1S/C13H27NO2/c1-4-11(2)14(8-9-16-3)10-12-6-5-7-13(12)15/h11-13,15H,4-10H2,1-3H3. The molecule has 0 spiro atoms. The maximum Gasteiger partial charge on any atom is 0.0589 e. The average molecular weight is 229 g/mol. The summed E-state index contributed by atoms with van der Waals surface area (Å²) in [7, 11) is 1.75. The van der Waals surface area contributed by atoms with E-state index in [9.17, 15) is 5.11 Å². The highest BCUT2D eigenvalue weighted by atomic mass is 16.5. The largest absolute Gasteiger partial charge is 0.393 e. The van der Waals surface area contributed by atoms with Gasteiger partial charge in [-0.1, -0.05) is 13.3 Å². The minimum Gasteiger partial charge on any atom is -0.393 e. The van der Waals surface area contributed by atoms with Crippen molar-refractivity contribution < 1.29 is 9.84 Å². The fourth-order valence-electron chi connectivity index (χ4n) is 2.49. The topological polar surface area (TPSA) is 32.7 Å². The number of hydrogen-bond donors (Lipinski definition) is 1. The zero-order valence-corrected chi connectivity index (χ0v) is 11.0. The summed E-state index contributed by atoms with van der Waals surface area (Å²) in [5.74, 6) is 0.478. The van der Waals surface area contributed by atoms with Crippen LogP contribution < -0.4 is 0 Å². The second kappa shape index (κ2) is 7.25. The molecule has 0 aliphatic heterocycles. The van der Waals surface area contributed by atoms with Gasteiger partial charge in [-0.3, -0.25) is 4.90 Å². The van der Waals surface area contributed by atoms with E-state index in [1.54, 1.807) is 7.11 Å². The van der Waals surface area contributed by atoms with Gasteiger partial charge >= 0.3 is 0 Å². The van der Waals surface area contributed by atoms with E-state index in [2.05, 4.69) is 18.7 Å². The van der Waals surface area contributed by atoms with Crippen LogP contribution in [0, 0.1) is 5.92 Å². The highest BCUT2D eigenvalue weighted by Crippen LogP contribution is 2.27. The minimum atomic E-state index is -0.0749. The Kier molecular flexibility index (Phi) is 6.32. The van der Waals surface area contributed by atoms with Crippen LogP contribution in [0.4, 0.5) is 0 Å².